The van der Waals surface area contributed by atoms with E-state index in [2.05, 4.69) is 53.0 Å². The van der Waals surface area contributed by atoms with E-state index >= 15 is 0 Å². The number of nitrogens with zero attached hydrogens (tertiary/aromatic N) is 1. The molecule has 0 spiro atoms. The molecule has 96 valence electrons. The fourth-order valence-electron chi connectivity index (χ4n) is 2.65. The molecular weight excluding hydrogens is 296 g/mol. The average Bonchev–Trinajstić information content (AvgIpc) is 2.73. The van der Waals surface area contributed by atoms with Crippen LogP contribution in [0.25, 0.3) is 0 Å². The summed E-state index contributed by atoms with van der Waals surface area (Å²) in [6.07, 6.45) is 1.27. The van der Waals surface area contributed by atoms with Crippen LogP contribution in [0.5, 0.6) is 0 Å². The summed E-state index contributed by atoms with van der Waals surface area (Å²) in [4.78, 5) is 3.92. The van der Waals surface area contributed by atoms with Gasteiger partial charge in [-0.05, 0) is 47.3 Å². The fourth-order valence-corrected chi connectivity index (χ4v) is 4.34. The Bertz CT molecular complexity index is 387. The van der Waals surface area contributed by atoms with E-state index in [0.29, 0.717) is 11.5 Å². The van der Waals surface area contributed by atoms with Crippen molar-refractivity contribution in [1.29, 1.82) is 0 Å². The first-order valence-corrected chi connectivity index (χ1v) is 7.80. The van der Waals surface area contributed by atoms with Gasteiger partial charge < -0.3 is 5.73 Å². The Morgan fingerprint density at radius 1 is 1.53 bits per heavy atom. The van der Waals surface area contributed by atoms with Crippen LogP contribution in [0.15, 0.2) is 15.9 Å². The second-order valence-electron chi connectivity index (χ2n) is 5.86. The van der Waals surface area contributed by atoms with Gasteiger partial charge in [-0.25, -0.2) is 0 Å². The van der Waals surface area contributed by atoms with Gasteiger partial charge >= 0.3 is 0 Å². The van der Waals surface area contributed by atoms with Gasteiger partial charge in [-0.1, -0.05) is 13.8 Å². The molecule has 1 aromatic heterocycles. The van der Waals surface area contributed by atoms with Gasteiger partial charge in [0.1, 0.15) is 0 Å². The number of rotatable bonds is 3. The van der Waals surface area contributed by atoms with Crippen LogP contribution in [-0.2, 0) is 0 Å². The van der Waals surface area contributed by atoms with Crippen molar-refractivity contribution < 1.29 is 0 Å². The Hall–Kier alpha value is 0.1000. The molecule has 0 aromatic carbocycles. The summed E-state index contributed by atoms with van der Waals surface area (Å²) >= 11 is 5.34. The number of thiophene rings is 1. The van der Waals surface area contributed by atoms with Gasteiger partial charge in [0, 0.05) is 27.3 Å². The average molecular weight is 317 g/mol. The highest BCUT2D eigenvalue weighted by atomic mass is 79.9. The van der Waals surface area contributed by atoms with Crippen LogP contribution in [0.4, 0.5) is 0 Å². The largest absolute Gasteiger partial charge is 0.326 e. The molecule has 2 rings (SSSR count). The van der Waals surface area contributed by atoms with Crippen molar-refractivity contribution in [1.82, 2.24) is 4.90 Å². The molecular formula is C13H21BrN2S. The standard InChI is InChI=1S/C13H21BrN2S/c1-9(15)12(11-6-10(14)7-17-11)16-5-4-13(2,3)8-16/h6-7,9,12H,4-5,8,15H2,1-3H3. The quantitative estimate of drug-likeness (QED) is 0.922. The minimum Gasteiger partial charge on any atom is -0.326 e. The van der Waals surface area contributed by atoms with Crippen LogP contribution in [0, 0.1) is 5.41 Å². The topological polar surface area (TPSA) is 29.3 Å². The van der Waals surface area contributed by atoms with E-state index in [4.69, 9.17) is 5.73 Å². The van der Waals surface area contributed by atoms with E-state index in [-0.39, 0.29) is 6.04 Å². The lowest BCUT2D eigenvalue weighted by Gasteiger charge is -2.31. The van der Waals surface area contributed by atoms with E-state index < -0.39 is 0 Å². The van der Waals surface area contributed by atoms with Gasteiger partial charge in [-0.3, -0.25) is 4.90 Å². The third-order valence-corrected chi connectivity index (χ3v) is 5.24. The highest BCUT2D eigenvalue weighted by molar-refractivity contribution is 9.10. The lowest BCUT2D eigenvalue weighted by molar-refractivity contribution is 0.200. The van der Waals surface area contributed by atoms with Crippen molar-refractivity contribution in [2.75, 3.05) is 13.1 Å². The smallest absolute Gasteiger partial charge is 0.0591 e. The molecule has 4 heteroatoms. The Labute approximate surface area is 116 Å². The number of halogens is 1. The van der Waals surface area contributed by atoms with Crippen LogP contribution >= 0.6 is 27.3 Å². The van der Waals surface area contributed by atoms with Crippen molar-refractivity contribution in [2.24, 2.45) is 11.1 Å². The highest BCUT2D eigenvalue weighted by Crippen LogP contribution is 2.38. The lowest BCUT2D eigenvalue weighted by Crippen LogP contribution is -2.38. The summed E-state index contributed by atoms with van der Waals surface area (Å²) in [7, 11) is 0. The summed E-state index contributed by atoms with van der Waals surface area (Å²) < 4.78 is 1.17. The second-order valence-corrected chi connectivity index (χ2v) is 7.71. The van der Waals surface area contributed by atoms with Gasteiger partial charge in [0.25, 0.3) is 0 Å². The Morgan fingerprint density at radius 3 is 2.65 bits per heavy atom. The van der Waals surface area contributed by atoms with Gasteiger partial charge in [0.15, 0.2) is 0 Å². The van der Waals surface area contributed by atoms with Crippen molar-refractivity contribution in [3.05, 3.63) is 20.8 Å². The first-order valence-electron chi connectivity index (χ1n) is 6.13. The molecule has 1 fully saturated rings. The van der Waals surface area contributed by atoms with Crippen LogP contribution in [0.1, 0.15) is 38.1 Å². The SMILES string of the molecule is CC(N)C(c1cc(Br)cs1)N1CCC(C)(C)C1. The number of likely N-dealkylation sites (tertiary alicyclic amines) is 1. The van der Waals surface area contributed by atoms with Crippen molar-refractivity contribution >= 4 is 27.3 Å². The number of hydrogen-bond donors (Lipinski definition) is 1. The van der Waals surface area contributed by atoms with E-state index in [0.717, 1.165) is 13.1 Å². The van der Waals surface area contributed by atoms with Crippen molar-refractivity contribution in [3.63, 3.8) is 0 Å². The zero-order chi connectivity index (χ0) is 12.6. The van der Waals surface area contributed by atoms with Crippen LogP contribution in [0.3, 0.4) is 0 Å². The van der Waals surface area contributed by atoms with E-state index in [1.54, 1.807) is 11.3 Å². The zero-order valence-electron chi connectivity index (χ0n) is 10.7. The summed E-state index contributed by atoms with van der Waals surface area (Å²) in [5, 5.41) is 2.14. The predicted octanol–water partition coefficient (Wildman–Crippen LogP) is 3.63. The number of hydrogen-bond acceptors (Lipinski definition) is 3. The Kier molecular flexibility index (Phi) is 3.98. The molecule has 1 saturated heterocycles. The maximum atomic E-state index is 6.20. The zero-order valence-corrected chi connectivity index (χ0v) is 13.1. The van der Waals surface area contributed by atoms with Gasteiger partial charge in [0.05, 0.1) is 6.04 Å². The van der Waals surface area contributed by atoms with Gasteiger partial charge in [-0.2, -0.15) is 0 Å². The van der Waals surface area contributed by atoms with E-state index in [1.807, 2.05) is 0 Å². The first-order chi connectivity index (χ1) is 7.89. The summed E-state index contributed by atoms with van der Waals surface area (Å²) in [5.41, 5.74) is 6.63. The maximum absolute atomic E-state index is 6.20. The third-order valence-electron chi connectivity index (χ3n) is 3.48. The monoisotopic (exact) mass is 316 g/mol. The normalized spacial score (nSPS) is 23.8. The van der Waals surface area contributed by atoms with Crippen LogP contribution < -0.4 is 5.73 Å². The minimum atomic E-state index is 0.175. The molecule has 2 N–H and O–H groups in total. The molecule has 2 nitrogen and oxygen atoms in total. The van der Waals surface area contributed by atoms with Crippen molar-refractivity contribution in [2.45, 2.75) is 39.3 Å². The Morgan fingerprint density at radius 2 is 2.24 bits per heavy atom. The first kappa shape index (κ1) is 13.5. The van der Waals surface area contributed by atoms with Crippen LogP contribution in [-0.4, -0.2) is 24.0 Å². The minimum absolute atomic E-state index is 0.175. The highest BCUT2D eigenvalue weighted by Gasteiger charge is 2.35. The molecule has 2 unspecified atom stereocenters. The summed E-state index contributed by atoms with van der Waals surface area (Å²) in [6.45, 7) is 9.11. The lowest BCUT2D eigenvalue weighted by atomic mass is 9.93. The molecule has 0 radical (unpaired) electrons. The molecule has 0 amide bonds. The fraction of sp³-hybridized carbons (Fsp3) is 0.692. The molecule has 1 aromatic rings. The van der Waals surface area contributed by atoms with E-state index in [9.17, 15) is 0 Å². The number of nitrogens with two attached hydrogens (primary N) is 1. The van der Waals surface area contributed by atoms with Crippen molar-refractivity contribution in [3.8, 4) is 0 Å². The van der Waals surface area contributed by atoms with Gasteiger partial charge in [-0.15, -0.1) is 11.3 Å². The predicted molar refractivity (Wildman–Crippen MR) is 78.4 cm³/mol. The second kappa shape index (κ2) is 5.00. The summed E-state index contributed by atoms with van der Waals surface area (Å²) in [5.74, 6) is 0. The molecule has 1 aliphatic rings. The molecule has 2 atom stereocenters. The maximum Gasteiger partial charge on any atom is 0.0591 e. The van der Waals surface area contributed by atoms with E-state index in [1.165, 1.54) is 15.8 Å². The Balaban J connectivity index is 2.19. The summed E-state index contributed by atoms with van der Waals surface area (Å²) in [6, 6.07) is 2.76. The van der Waals surface area contributed by atoms with Crippen LogP contribution in [0.2, 0.25) is 0 Å². The molecule has 0 bridgehead atoms. The van der Waals surface area contributed by atoms with Gasteiger partial charge in [0.2, 0.25) is 0 Å². The molecule has 1 aliphatic heterocycles. The molecule has 0 aliphatic carbocycles. The molecule has 0 saturated carbocycles. The molecule has 2 heterocycles. The molecule has 17 heavy (non-hydrogen) atoms. The third kappa shape index (κ3) is 3.11.